The predicted molar refractivity (Wildman–Crippen MR) is 88.6 cm³/mol. The van der Waals surface area contributed by atoms with Crippen molar-refractivity contribution in [2.75, 3.05) is 11.9 Å². The van der Waals surface area contributed by atoms with Gasteiger partial charge >= 0.3 is 0 Å². The van der Waals surface area contributed by atoms with Crippen molar-refractivity contribution in [1.29, 1.82) is 0 Å². The summed E-state index contributed by atoms with van der Waals surface area (Å²) in [5.41, 5.74) is 6.99. The van der Waals surface area contributed by atoms with Gasteiger partial charge in [0.25, 0.3) is 0 Å². The Morgan fingerprint density at radius 1 is 1.36 bits per heavy atom. The predicted octanol–water partition coefficient (Wildman–Crippen LogP) is 3.43. The average molecular weight is 364 g/mol. The number of nitrogens with two attached hydrogens (primary N) is 1. The SMILES string of the molecule is NCCCn1cc(Br)c2cnc(Nc3cccc(F)c3)nc21. The lowest BCUT2D eigenvalue weighted by Crippen LogP contribution is -2.06. The number of halogens is 2. The fraction of sp³-hybridized carbons (Fsp3) is 0.200. The second-order valence-corrected chi connectivity index (χ2v) is 5.73. The summed E-state index contributed by atoms with van der Waals surface area (Å²) in [4.78, 5) is 8.79. The van der Waals surface area contributed by atoms with Gasteiger partial charge in [-0.25, -0.2) is 9.37 Å². The van der Waals surface area contributed by atoms with Crippen LogP contribution in [-0.4, -0.2) is 21.1 Å². The maximum atomic E-state index is 13.2. The van der Waals surface area contributed by atoms with Crippen molar-refractivity contribution in [3.8, 4) is 0 Å². The highest BCUT2D eigenvalue weighted by atomic mass is 79.9. The molecule has 0 spiro atoms. The maximum absolute atomic E-state index is 13.2. The molecule has 22 heavy (non-hydrogen) atoms. The van der Waals surface area contributed by atoms with E-state index < -0.39 is 0 Å². The Balaban J connectivity index is 1.94. The molecule has 0 unspecified atom stereocenters. The van der Waals surface area contributed by atoms with Crippen molar-refractivity contribution in [2.45, 2.75) is 13.0 Å². The van der Waals surface area contributed by atoms with E-state index in [1.54, 1.807) is 18.3 Å². The summed E-state index contributed by atoms with van der Waals surface area (Å²) in [6.07, 6.45) is 4.58. The van der Waals surface area contributed by atoms with E-state index in [9.17, 15) is 4.39 Å². The molecule has 0 bridgehead atoms. The van der Waals surface area contributed by atoms with Gasteiger partial charge in [0.15, 0.2) is 0 Å². The Bertz CT molecular complexity index is 802. The lowest BCUT2D eigenvalue weighted by Gasteiger charge is -2.07. The van der Waals surface area contributed by atoms with Crippen molar-refractivity contribution in [3.05, 3.63) is 46.9 Å². The van der Waals surface area contributed by atoms with Gasteiger partial charge in [-0.2, -0.15) is 4.98 Å². The first kappa shape index (κ1) is 14.9. The Morgan fingerprint density at radius 3 is 3.00 bits per heavy atom. The molecule has 3 N–H and O–H groups in total. The van der Waals surface area contributed by atoms with Gasteiger partial charge in [-0.05, 0) is 47.1 Å². The van der Waals surface area contributed by atoms with Crippen molar-refractivity contribution < 1.29 is 4.39 Å². The first-order chi connectivity index (χ1) is 10.7. The number of hydrogen-bond donors (Lipinski definition) is 2. The van der Waals surface area contributed by atoms with Gasteiger partial charge in [-0.1, -0.05) is 6.07 Å². The molecule has 3 rings (SSSR count). The minimum Gasteiger partial charge on any atom is -0.331 e. The molecule has 0 saturated heterocycles. The molecule has 3 aromatic rings. The normalized spacial score (nSPS) is 11.0. The average Bonchev–Trinajstić information content (AvgIpc) is 2.81. The molecule has 1 aromatic carbocycles. The van der Waals surface area contributed by atoms with E-state index >= 15 is 0 Å². The zero-order valence-electron chi connectivity index (χ0n) is 11.8. The van der Waals surface area contributed by atoms with E-state index in [0.717, 1.165) is 28.5 Å². The molecule has 0 aliphatic rings. The highest BCUT2D eigenvalue weighted by Gasteiger charge is 2.10. The number of rotatable bonds is 5. The van der Waals surface area contributed by atoms with Crippen LogP contribution in [0.15, 0.2) is 41.1 Å². The molecule has 0 aliphatic carbocycles. The molecule has 7 heteroatoms. The summed E-state index contributed by atoms with van der Waals surface area (Å²) in [6.45, 7) is 1.41. The lowest BCUT2D eigenvalue weighted by molar-refractivity contribution is 0.628. The number of aryl methyl sites for hydroxylation is 1. The molecular formula is C15H15BrFN5. The van der Waals surface area contributed by atoms with Crippen molar-refractivity contribution in [3.63, 3.8) is 0 Å². The van der Waals surface area contributed by atoms with Crippen LogP contribution >= 0.6 is 15.9 Å². The highest BCUT2D eigenvalue weighted by molar-refractivity contribution is 9.10. The molecule has 2 heterocycles. The van der Waals surface area contributed by atoms with Gasteiger partial charge in [0.1, 0.15) is 11.5 Å². The first-order valence-corrected chi connectivity index (χ1v) is 7.70. The number of nitrogens with one attached hydrogen (secondary N) is 1. The minimum atomic E-state index is -0.305. The fourth-order valence-electron chi connectivity index (χ4n) is 2.22. The second kappa shape index (κ2) is 6.41. The quantitative estimate of drug-likeness (QED) is 0.728. The smallest absolute Gasteiger partial charge is 0.229 e. The molecule has 2 aromatic heterocycles. The summed E-state index contributed by atoms with van der Waals surface area (Å²) in [5, 5.41) is 3.95. The number of anilines is 2. The molecule has 0 atom stereocenters. The Labute approximate surface area is 135 Å². The van der Waals surface area contributed by atoms with E-state index in [1.165, 1.54) is 12.1 Å². The van der Waals surface area contributed by atoms with Gasteiger partial charge in [-0.15, -0.1) is 0 Å². The van der Waals surface area contributed by atoms with Crippen LogP contribution in [0.3, 0.4) is 0 Å². The third-order valence-electron chi connectivity index (χ3n) is 3.25. The van der Waals surface area contributed by atoms with Gasteiger partial charge in [-0.3, -0.25) is 0 Å². The number of nitrogens with zero attached hydrogens (tertiary/aromatic N) is 3. The molecular weight excluding hydrogens is 349 g/mol. The lowest BCUT2D eigenvalue weighted by atomic mass is 10.3. The highest BCUT2D eigenvalue weighted by Crippen LogP contribution is 2.26. The fourth-order valence-corrected chi connectivity index (χ4v) is 2.74. The number of benzene rings is 1. The summed E-state index contributed by atoms with van der Waals surface area (Å²) < 4.78 is 16.2. The number of aromatic nitrogens is 3. The van der Waals surface area contributed by atoms with Gasteiger partial charge in [0, 0.05) is 29.1 Å². The van der Waals surface area contributed by atoms with Crippen LogP contribution in [-0.2, 0) is 6.54 Å². The van der Waals surface area contributed by atoms with Crippen LogP contribution in [0.1, 0.15) is 6.42 Å². The Kier molecular flexibility index (Phi) is 4.35. The van der Waals surface area contributed by atoms with Gasteiger partial charge in [0.2, 0.25) is 5.95 Å². The molecule has 0 saturated carbocycles. The van der Waals surface area contributed by atoms with E-state index in [0.29, 0.717) is 18.2 Å². The molecule has 5 nitrogen and oxygen atoms in total. The van der Waals surface area contributed by atoms with Crippen molar-refractivity contribution >= 4 is 38.6 Å². The van der Waals surface area contributed by atoms with Crippen LogP contribution in [0.2, 0.25) is 0 Å². The Morgan fingerprint density at radius 2 is 2.23 bits per heavy atom. The Hall–Kier alpha value is -1.99. The molecule has 0 amide bonds. The van der Waals surface area contributed by atoms with Crippen molar-refractivity contribution in [1.82, 2.24) is 14.5 Å². The largest absolute Gasteiger partial charge is 0.331 e. The molecule has 0 radical (unpaired) electrons. The van der Waals surface area contributed by atoms with E-state index in [1.807, 2.05) is 10.8 Å². The van der Waals surface area contributed by atoms with Gasteiger partial charge < -0.3 is 15.6 Å². The standard InChI is InChI=1S/C15H15BrFN5/c16-13-9-22(6-2-5-18)14-12(13)8-19-15(21-14)20-11-4-1-3-10(17)7-11/h1,3-4,7-9H,2,5-6,18H2,(H,19,20,21). The number of hydrogen-bond acceptors (Lipinski definition) is 4. The number of fused-ring (bicyclic) bond motifs is 1. The third-order valence-corrected chi connectivity index (χ3v) is 3.88. The van der Waals surface area contributed by atoms with Crippen LogP contribution in [0, 0.1) is 5.82 Å². The van der Waals surface area contributed by atoms with Crippen LogP contribution in [0.4, 0.5) is 16.0 Å². The zero-order valence-corrected chi connectivity index (χ0v) is 13.3. The maximum Gasteiger partial charge on any atom is 0.229 e. The van der Waals surface area contributed by atoms with Crippen LogP contribution in [0.25, 0.3) is 11.0 Å². The van der Waals surface area contributed by atoms with E-state index in [-0.39, 0.29) is 5.82 Å². The van der Waals surface area contributed by atoms with Gasteiger partial charge in [0.05, 0.1) is 5.39 Å². The summed E-state index contributed by atoms with van der Waals surface area (Å²) in [7, 11) is 0. The van der Waals surface area contributed by atoms with E-state index in [2.05, 4.69) is 31.2 Å². The van der Waals surface area contributed by atoms with Crippen molar-refractivity contribution in [2.24, 2.45) is 5.73 Å². The van der Waals surface area contributed by atoms with E-state index in [4.69, 9.17) is 5.73 Å². The topological polar surface area (TPSA) is 68.8 Å². The second-order valence-electron chi connectivity index (χ2n) is 4.88. The summed E-state index contributed by atoms with van der Waals surface area (Å²) in [5.74, 6) is 0.123. The molecule has 0 fully saturated rings. The summed E-state index contributed by atoms with van der Waals surface area (Å²) in [6, 6.07) is 6.19. The molecule has 0 aliphatic heterocycles. The molecule has 114 valence electrons. The third kappa shape index (κ3) is 3.10. The van der Waals surface area contributed by atoms with Crippen LogP contribution in [0.5, 0.6) is 0 Å². The zero-order chi connectivity index (χ0) is 15.5. The minimum absolute atomic E-state index is 0.305. The summed E-state index contributed by atoms with van der Waals surface area (Å²) >= 11 is 3.51. The monoisotopic (exact) mass is 363 g/mol. The van der Waals surface area contributed by atoms with Crippen LogP contribution < -0.4 is 11.1 Å². The first-order valence-electron chi connectivity index (χ1n) is 6.91.